The van der Waals surface area contributed by atoms with Gasteiger partial charge in [0.1, 0.15) is 5.82 Å². The molecule has 0 unspecified atom stereocenters. The predicted molar refractivity (Wildman–Crippen MR) is 91.0 cm³/mol. The maximum atomic E-state index is 6.19. The molecule has 3 rings (SSSR count). The molecule has 106 valence electrons. The van der Waals surface area contributed by atoms with Crippen LogP contribution in [0.5, 0.6) is 0 Å². The predicted octanol–water partition coefficient (Wildman–Crippen LogP) is 5.74. The van der Waals surface area contributed by atoms with Crippen LogP contribution in [0.2, 0.25) is 10.0 Å². The minimum Gasteiger partial charge on any atom is -0.342 e. The summed E-state index contributed by atoms with van der Waals surface area (Å²) >= 11 is 15.5. The topological polar surface area (TPSA) is 28.7 Å². The van der Waals surface area contributed by atoms with Crippen LogP contribution in [0.3, 0.4) is 0 Å². The Hall–Kier alpha value is -1.29. The molecule has 0 saturated heterocycles. The summed E-state index contributed by atoms with van der Waals surface area (Å²) in [6.45, 7) is 0. The Morgan fingerprint density at radius 1 is 1.05 bits per heavy atom. The summed E-state index contributed by atoms with van der Waals surface area (Å²) in [5.74, 6) is 0.872. The number of aromatic nitrogens is 2. The van der Waals surface area contributed by atoms with E-state index in [2.05, 4.69) is 25.9 Å². The smallest absolute Gasteiger partial charge is 0.110 e. The van der Waals surface area contributed by atoms with Crippen LogP contribution < -0.4 is 0 Å². The lowest BCUT2D eigenvalue weighted by atomic mass is 10.1. The Bertz CT molecular complexity index is 766. The van der Waals surface area contributed by atoms with Crippen LogP contribution in [0.25, 0.3) is 11.3 Å². The molecule has 0 radical (unpaired) electrons. The molecule has 3 aromatic rings. The molecule has 0 atom stereocenters. The standard InChI is InChI=1S/C16H11BrCl2N2/c17-12-4-1-10(2-5-12)15-9-20-16(21-15)7-11-3-6-13(18)8-14(11)19/h1-6,8-9H,7H2,(H,20,21). The molecular formula is C16H11BrCl2N2. The zero-order valence-corrected chi connectivity index (χ0v) is 14.0. The first kappa shape index (κ1) is 14.6. The third kappa shape index (κ3) is 3.49. The maximum Gasteiger partial charge on any atom is 0.110 e. The second kappa shape index (κ2) is 6.22. The van der Waals surface area contributed by atoms with Gasteiger partial charge in [-0.2, -0.15) is 0 Å². The molecule has 0 bridgehead atoms. The third-order valence-electron chi connectivity index (χ3n) is 3.16. The Morgan fingerprint density at radius 3 is 2.52 bits per heavy atom. The van der Waals surface area contributed by atoms with Gasteiger partial charge in [0.15, 0.2) is 0 Å². The number of nitrogens with zero attached hydrogens (tertiary/aromatic N) is 1. The van der Waals surface area contributed by atoms with Gasteiger partial charge in [-0.1, -0.05) is 57.3 Å². The van der Waals surface area contributed by atoms with E-state index >= 15 is 0 Å². The average Bonchev–Trinajstić information content (AvgIpc) is 2.91. The third-order valence-corrected chi connectivity index (χ3v) is 4.27. The number of H-pyrrole nitrogens is 1. The summed E-state index contributed by atoms with van der Waals surface area (Å²) in [7, 11) is 0. The molecule has 5 heteroatoms. The van der Waals surface area contributed by atoms with E-state index in [1.807, 2.05) is 42.6 Å². The van der Waals surface area contributed by atoms with Crippen LogP contribution in [0.1, 0.15) is 11.4 Å². The van der Waals surface area contributed by atoms with Crippen LogP contribution in [0.4, 0.5) is 0 Å². The molecule has 0 saturated carbocycles. The van der Waals surface area contributed by atoms with Gasteiger partial charge in [0, 0.05) is 20.9 Å². The van der Waals surface area contributed by atoms with Gasteiger partial charge in [0.2, 0.25) is 0 Å². The first-order valence-electron chi connectivity index (χ1n) is 6.35. The van der Waals surface area contributed by atoms with Gasteiger partial charge in [0.25, 0.3) is 0 Å². The summed E-state index contributed by atoms with van der Waals surface area (Å²) in [5, 5.41) is 1.29. The van der Waals surface area contributed by atoms with Crippen molar-refractivity contribution >= 4 is 39.1 Å². The number of hydrogen-bond donors (Lipinski definition) is 1. The number of hydrogen-bond acceptors (Lipinski definition) is 1. The zero-order chi connectivity index (χ0) is 14.8. The van der Waals surface area contributed by atoms with Crippen LogP contribution >= 0.6 is 39.1 Å². The van der Waals surface area contributed by atoms with Crippen molar-refractivity contribution in [3.8, 4) is 11.3 Å². The van der Waals surface area contributed by atoms with E-state index in [-0.39, 0.29) is 0 Å². The molecule has 0 amide bonds. The van der Waals surface area contributed by atoms with Crippen LogP contribution in [-0.4, -0.2) is 9.97 Å². The van der Waals surface area contributed by atoms with Crippen LogP contribution in [0.15, 0.2) is 53.1 Å². The molecule has 1 N–H and O–H groups in total. The fourth-order valence-corrected chi connectivity index (χ4v) is 2.81. The summed E-state index contributed by atoms with van der Waals surface area (Å²) in [4.78, 5) is 7.74. The second-order valence-electron chi connectivity index (χ2n) is 4.66. The molecule has 0 fully saturated rings. The van der Waals surface area contributed by atoms with Crippen molar-refractivity contribution in [2.75, 3.05) is 0 Å². The van der Waals surface area contributed by atoms with E-state index in [4.69, 9.17) is 23.2 Å². The summed E-state index contributed by atoms with van der Waals surface area (Å²) in [6, 6.07) is 13.6. The van der Waals surface area contributed by atoms with Gasteiger partial charge >= 0.3 is 0 Å². The van der Waals surface area contributed by atoms with Crippen molar-refractivity contribution < 1.29 is 0 Å². The van der Waals surface area contributed by atoms with E-state index in [1.54, 1.807) is 6.07 Å². The van der Waals surface area contributed by atoms with Crippen molar-refractivity contribution in [1.82, 2.24) is 9.97 Å². The number of benzene rings is 2. The van der Waals surface area contributed by atoms with E-state index in [0.29, 0.717) is 16.5 Å². The Balaban J connectivity index is 1.83. The SMILES string of the molecule is Clc1ccc(Cc2ncc(-c3ccc(Br)cc3)[nH]2)c(Cl)c1. The van der Waals surface area contributed by atoms with Crippen molar-refractivity contribution in [1.29, 1.82) is 0 Å². The van der Waals surface area contributed by atoms with Crippen molar-refractivity contribution in [3.05, 3.63) is 74.6 Å². The Labute approximate surface area is 141 Å². The number of rotatable bonds is 3. The van der Waals surface area contributed by atoms with Crippen molar-refractivity contribution in [3.63, 3.8) is 0 Å². The van der Waals surface area contributed by atoms with E-state index < -0.39 is 0 Å². The first-order valence-corrected chi connectivity index (χ1v) is 7.90. The quantitative estimate of drug-likeness (QED) is 0.615. The van der Waals surface area contributed by atoms with Crippen LogP contribution in [0, 0.1) is 0 Å². The second-order valence-corrected chi connectivity index (χ2v) is 6.42. The molecule has 2 aromatic carbocycles. The largest absolute Gasteiger partial charge is 0.342 e. The summed E-state index contributed by atoms with van der Waals surface area (Å²) in [5.41, 5.74) is 3.08. The first-order chi connectivity index (χ1) is 10.1. The zero-order valence-electron chi connectivity index (χ0n) is 10.9. The lowest BCUT2D eigenvalue weighted by molar-refractivity contribution is 1.03. The highest BCUT2D eigenvalue weighted by molar-refractivity contribution is 9.10. The van der Waals surface area contributed by atoms with Gasteiger partial charge in [0.05, 0.1) is 11.9 Å². The van der Waals surface area contributed by atoms with Gasteiger partial charge in [-0.15, -0.1) is 0 Å². The number of imidazole rings is 1. The molecule has 1 aromatic heterocycles. The molecule has 21 heavy (non-hydrogen) atoms. The molecule has 2 nitrogen and oxygen atoms in total. The fourth-order valence-electron chi connectivity index (χ4n) is 2.07. The maximum absolute atomic E-state index is 6.19. The minimum atomic E-state index is 0.638. The number of halogens is 3. The Morgan fingerprint density at radius 2 is 1.81 bits per heavy atom. The lowest BCUT2D eigenvalue weighted by Gasteiger charge is -2.02. The Kier molecular flexibility index (Phi) is 4.34. The highest BCUT2D eigenvalue weighted by Gasteiger charge is 2.07. The van der Waals surface area contributed by atoms with E-state index in [1.165, 1.54) is 0 Å². The molecule has 0 aliphatic carbocycles. The highest BCUT2D eigenvalue weighted by atomic mass is 79.9. The number of aromatic amines is 1. The summed E-state index contributed by atoms with van der Waals surface area (Å²) < 4.78 is 1.05. The minimum absolute atomic E-state index is 0.638. The molecule has 0 spiro atoms. The fraction of sp³-hybridized carbons (Fsp3) is 0.0625. The monoisotopic (exact) mass is 380 g/mol. The highest BCUT2D eigenvalue weighted by Crippen LogP contribution is 2.24. The van der Waals surface area contributed by atoms with Crippen molar-refractivity contribution in [2.45, 2.75) is 6.42 Å². The van der Waals surface area contributed by atoms with E-state index in [9.17, 15) is 0 Å². The van der Waals surface area contributed by atoms with E-state index in [0.717, 1.165) is 27.1 Å². The van der Waals surface area contributed by atoms with Gasteiger partial charge in [-0.25, -0.2) is 4.98 Å². The molecule has 1 heterocycles. The molecular weight excluding hydrogens is 371 g/mol. The van der Waals surface area contributed by atoms with Gasteiger partial charge in [-0.05, 0) is 35.4 Å². The molecule has 0 aliphatic heterocycles. The lowest BCUT2D eigenvalue weighted by Crippen LogP contribution is -1.92. The van der Waals surface area contributed by atoms with Gasteiger partial charge < -0.3 is 4.98 Å². The summed E-state index contributed by atoms with van der Waals surface area (Å²) in [6.07, 6.45) is 2.48. The van der Waals surface area contributed by atoms with Gasteiger partial charge in [-0.3, -0.25) is 0 Å². The van der Waals surface area contributed by atoms with Crippen LogP contribution in [-0.2, 0) is 6.42 Å². The average molecular weight is 382 g/mol. The van der Waals surface area contributed by atoms with Crippen molar-refractivity contribution in [2.24, 2.45) is 0 Å². The molecule has 0 aliphatic rings. The normalized spacial score (nSPS) is 10.8. The number of nitrogens with one attached hydrogen (secondary N) is 1.